The maximum Gasteiger partial charge on any atom is 0.431 e. The summed E-state index contributed by atoms with van der Waals surface area (Å²) in [4.78, 5) is 13.4. The molecule has 90 valence electrons. The molecule has 0 amide bonds. The van der Waals surface area contributed by atoms with Crippen molar-refractivity contribution in [2.75, 3.05) is 0 Å². The van der Waals surface area contributed by atoms with E-state index in [0.717, 1.165) is 18.1 Å². The van der Waals surface area contributed by atoms with Crippen molar-refractivity contribution in [3.63, 3.8) is 0 Å². The summed E-state index contributed by atoms with van der Waals surface area (Å²) in [5, 5.41) is 0.593. The van der Waals surface area contributed by atoms with Crippen LogP contribution in [-0.4, -0.2) is 4.98 Å². The third kappa shape index (κ3) is 2.18. The van der Waals surface area contributed by atoms with Crippen LogP contribution in [0.5, 0.6) is 0 Å². The second-order valence-electron chi connectivity index (χ2n) is 3.79. The normalized spacial score (nSPS) is 12.0. The molecule has 0 radical (unpaired) electrons. The number of H-pyrrole nitrogens is 1. The maximum absolute atomic E-state index is 12.5. The Hall–Kier alpha value is -1.78. The molecule has 1 heterocycles. The van der Waals surface area contributed by atoms with Gasteiger partial charge in [0.2, 0.25) is 0 Å². The van der Waals surface area contributed by atoms with Gasteiger partial charge in [0.25, 0.3) is 5.56 Å². The van der Waals surface area contributed by atoms with Gasteiger partial charge < -0.3 is 4.98 Å². The lowest BCUT2D eigenvalue weighted by Crippen LogP contribution is -2.16. The van der Waals surface area contributed by atoms with Crippen molar-refractivity contribution in [2.24, 2.45) is 0 Å². The molecule has 2 rings (SSSR count). The monoisotopic (exact) mass is 241 g/mol. The van der Waals surface area contributed by atoms with Crippen LogP contribution in [0.25, 0.3) is 10.8 Å². The Morgan fingerprint density at radius 1 is 1.24 bits per heavy atom. The zero-order chi connectivity index (χ0) is 12.6. The third-order valence-electron chi connectivity index (χ3n) is 2.62. The fourth-order valence-electron chi connectivity index (χ4n) is 1.68. The number of hydrogen-bond donors (Lipinski definition) is 1. The van der Waals surface area contributed by atoms with Crippen LogP contribution in [0.15, 0.2) is 29.1 Å². The molecule has 17 heavy (non-hydrogen) atoms. The molecule has 1 aromatic carbocycles. The summed E-state index contributed by atoms with van der Waals surface area (Å²) in [5.41, 5.74) is -0.799. The summed E-state index contributed by atoms with van der Waals surface area (Å²) in [6.45, 7) is 1.92. The van der Waals surface area contributed by atoms with Crippen LogP contribution in [0.3, 0.4) is 0 Å². The summed E-state index contributed by atoms with van der Waals surface area (Å²) in [7, 11) is 0. The van der Waals surface area contributed by atoms with Gasteiger partial charge in [0.05, 0.1) is 0 Å². The van der Waals surface area contributed by atoms with E-state index in [0.29, 0.717) is 5.39 Å². The highest BCUT2D eigenvalue weighted by Crippen LogP contribution is 2.28. The number of nitrogens with one attached hydrogen (secondary N) is 1. The number of hydrogen-bond acceptors (Lipinski definition) is 1. The number of halogens is 3. The zero-order valence-electron chi connectivity index (χ0n) is 9.06. The number of aromatic nitrogens is 1. The minimum atomic E-state index is -4.53. The Morgan fingerprint density at radius 3 is 2.53 bits per heavy atom. The number of benzene rings is 1. The lowest BCUT2D eigenvalue weighted by molar-refractivity contribution is -0.141. The Kier molecular flexibility index (Phi) is 2.69. The van der Waals surface area contributed by atoms with E-state index < -0.39 is 17.4 Å². The van der Waals surface area contributed by atoms with Crippen LogP contribution in [0.1, 0.15) is 18.2 Å². The van der Waals surface area contributed by atoms with Crippen molar-refractivity contribution in [1.82, 2.24) is 4.98 Å². The molecular weight excluding hydrogens is 231 g/mol. The van der Waals surface area contributed by atoms with Crippen molar-refractivity contribution in [3.8, 4) is 0 Å². The van der Waals surface area contributed by atoms with Crippen LogP contribution < -0.4 is 5.56 Å². The van der Waals surface area contributed by atoms with Crippen LogP contribution in [0, 0.1) is 0 Å². The highest BCUT2D eigenvalue weighted by Gasteiger charge is 2.32. The van der Waals surface area contributed by atoms with E-state index in [1.54, 1.807) is 18.2 Å². The Balaban J connectivity index is 2.73. The molecule has 2 aromatic rings. The molecule has 1 aromatic heterocycles. The van der Waals surface area contributed by atoms with E-state index in [-0.39, 0.29) is 5.39 Å². The quantitative estimate of drug-likeness (QED) is 0.817. The van der Waals surface area contributed by atoms with Gasteiger partial charge in [-0.05, 0) is 29.5 Å². The predicted octanol–water partition coefficient (Wildman–Crippen LogP) is 3.11. The van der Waals surface area contributed by atoms with Gasteiger partial charge in [-0.2, -0.15) is 13.2 Å². The highest BCUT2D eigenvalue weighted by molar-refractivity contribution is 5.82. The highest BCUT2D eigenvalue weighted by atomic mass is 19.4. The number of rotatable bonds is 1. The van der Waals surface area contributed by atoms with Crippen LogP contribution in [0.4, 0.5) is 13.2 Å². The first-order valence-electron chi connectivity index (χ1n) is 5.15. The Morgan fingerprint density at radius 2 is 1.94 bits per heavy atom. The van der Waals surface area contributed by atoms with Crippen molar-refractivity contribution in [3.05, 3.63) is 45.9 Å². The molecule has 0 saturated carbocycles. The van der Waals surface area contributed by atoms with E-state index in [1.807, 2.05) is 11.9 Å². The first-order chi connectivity index (χ1) is 7.91. The van der Waals surface area contributed by atoms with E-state index in [4.69, 9.17) is 0 Å². The lowest BCUT2D eigenvalue weighted by atomic mass is 10.1. The summed E-state index contributed by atoms with van der Waals surface area (Å²) >= 11 is 0. The maximum atomic E-state index is 12.5. The second kappa shape index (κ2) is 3.91. The van der Waals surface area contributed by atoms with Gasteiger partial charge in [-0.15, -0.1) is 0 Å². The first kappa shape index (κ1) is 11.7. The topological polar surface area (TPSA) is 32.9 Å². The van der Waals surface area contributed by atoms with Gasteiger partial charge >= 0.3 is 6.18 Å². The molecule has 0 spiro atoms. The number of aromatic amines is 1. The molecule has 1 N–H and O–H groups in total. The van der Waals surface area contributed by atoms with Gasteiger partial charge in [0, 0.05) is 5.39 Å². The van der Waals surface area contributed by atoms with Gasteiger partial charge in [-0.25, -0.2) is 0 Å². The van der Waals surface area contributed by atoms with E-state index in [1.165, 1.54) is 0 Å². The van der Waals surface area contributed by atoms with Crippen molar-refractivity contribution in [1.29, 1.82) is 0 Å². The van der Waals surface area contributed by atoms with Crippen LogP contribution in [0.2, 0.25) is 0 Å². The Bertz CT molecular complexity index is 613. The van der Waals surface area contributed by atoms with Crippen molar-refractivity contribution in [2.45, 2.75) is 19.5 Å². The summed E-state index contributed by atoms with van der Waals surface area (Å²) < 4.78 is 37.4. The number of pyridine rings is 1. The van der Waals surface area contributed by atoms with Crippen LogP contribution in [-0.2, 0) is 12.6 Å². The summed E-state index contributed by atoms with van der Waals surface area (Å²) in [6, 6.07) is 5.84. The molecule has 0 aliphatic heterocycles. The second-order valence-corrected chi connectivity index (χ2v) is 3.79. The molecule has 0 aliphatic rings. The molecule has 0 unspecified atom stereocenters. The minimum Gasteiger partial charge on any atom is -0.318 e. The lowest BCUT2D eigenvalue weighted by Gasteiger charge is -2.08. The molecule has 5 heteroatoms. The molecule has 0 saturated heterocycles. The third-order valence-corrected chi connectivity index (χ3v) is 2.62. The van der Waals surface area contributed by atoms with E-state index in [2.05, 4.69) is 0 Å². The smallest absolute Gasteiger partial charge is 0.318 e. The Labute approximate surface area is 95.1 Å². The first-order valence-corrected chi connectivity index (χ1v) is 5.15. The van der Waals surface area contributed by atoms with Gasteiger partial charge in [-0.1, -0.05) is 19.1 Å². The van der Waals surface area contributed by atoms with Gasteiger partial charge in [0.1, 0.15) is 5.69 Å². The average Bonchev–Trinajstić information content (AvgIpc) is 2.27. The summed E-state index contributed by atoms with van der Waals surface area (Å²) in [5.74, 6) is 0. The minimum absolute atomic E-state index is 0.289. The van der Waals surface area contributed by atoms with Crippen molar-refractivity contribution < 1.29 is 13.2 Å². The fraction of sp³-hybridized carbons (Fsp3) is 0.250. The molecule has 2 nitrogen and oxygen atoms in total. The fourth-order valence-corrected chi connectivity index (χ4v) is 1.68. The standard InChI is InChI=1S/C12H10F3NO/c1-2-7-3-4-8-6-10(12(13,14)15)16-11(17)9(8)5-7/h3-6H,2H2,1H3,(H,16,17). The predicted molar refractivity (Wildman–Crippen MR) is 58.9 cm³/mol. The van der Waals surface area contributed by atoms with Gasteiger partial charge in [0.15, 0.2) is 0 Å². The zero-order valence-corrected chi connectivity index (χ0v) is 9.06. The SMILES string of the molecule is CCc1ccc2cc(C(F)(F)F)[nH]c(=O)c2c1. The molecule has 0 fully saturated rings. The average molecular weight is 241 g/mol. The number of fused-ring (bicyclic) bond motifs is 1. The summed E-state index contributed by atoms with van der Waals surface area (Å²) in [6.07, 6.45) is -3.80. The van der Waals surface area contributed by atoms with E-state index >= 15 is 0 Å². The number of aryl methyl sites for hydroxylation is 1. The molecule has 0 atom stereocenters. The molecular formula is C12H10F3NO. The molecule has 0 bridgehead atoms. The largest absolute Gasteiger partial charge is 0.431 e. The van der Waals surface area contributed by atoms with E-state index in [9.17, 15) is 18.0 Å². The molecule has 0 aliphatic carbocycles. The van der Waals surface area contributed by atoms with Gasteiger partial charge in [-0.3, -0.25) is 4.79 Å². The van der Waals surface area contributed by atoms with Crippen LogP contribution >= 0.6 is 0 Å². The number of alkyl halides is 3. The van der Waals surface area contributed by atoms with Crippen molar-refractivity contribution >= 4 is 10.8 Å².